The van der Waals surface area contributed by atoms with Crippen LogP contribution in [-0.2, 0) is 4.79 Å². The van der Waals surface area contributed by atoms with Gasteiger partial charge in [0.25, 0.3) is 5.91 Å². The molecule has 1 aromatic carbocycles. The Labute approximate surface area is 156 Å². The Morgan fingerprint density at radius 3 is 2.31 bits per heavy atom. The van der Waals surface area contributed by atoms with Crippen LogP contribution >= 0.6 is 0 Å². The van der Waals surface area contributed by atoms with Crippen LogP contribution in [0, 0.1) is 11.8 Å². The Bertz CT molecular complexity index is 611. The number of aliphatic hydroxyl groups excluding tert-OH is 1. The molecular weight excluding hydrogens is 328 g/mol. The van der Waals surface area contributed by atoms with E-state index in [1.807, 2.05) is 40.1 Å². The summed E-state index contributed by atoms with van der Waals surface area (Å²) < 4.78 is 0. The highest BCUT2D eigenvalue weighted by Crippen LogP contribution is 2.30. The summed E-state index contributed by atoms with van der Waals surface area (Å²) in [6, 6.07) is 9.44. The maximum absolute atomic E-state index is 12.7. The van der Waals surface area contributed by atoms with E-state index in [9.17, 15) is 14.7 Å². The number of rotatable bonds is 4. The first-order chi connectivity index (χ1) is 12.6. The number of benzene rings is 1. The monoisotopic (exact) mass is 358 g/mol. The predicted octanol–water partition coefficient (Wildman–Crippen LogP) is 2.55. The van der Waals surface area contributed by atoms with Gasteiger partial charge in [-0.3, -0.25) is 9.59 Å². The summed E-state index contributed by atoms with van der Waals surface area (Å²) in [6.07, 6.45) is 3.56. The first-order valence-electron chi connectivity index (χ1n) is 9.88. The van der Waals surface area contributed by atoms with E-state index in [1.54, 1.807) is 0 Å². The number of likely N-dealkylation sites (tertiary alicyclic amines) is 2. The first-order valence-corrected chi connectivity index (χ1v) is 9.88. The second-order valence-electron chi connectivity index (χ2n) is 7.65. The Hall–Kier alpha value is -1.88. The lowest BCUT2D eigenvalue weighted by Gasteiger charge is -2.39. The number of piperidine rings is 2. The highest BCUT2D eigenvalue weighted by atomic mass is 16.3. The minimum atomic E-state index is -0.255. The summed E-state index contributed by atoms with van der Waals surface area (Å²) >= 11 is 0. The standard InChI is InChI=1S/C21H30N2O3/c1-2-16-15-23(21(26)17-6-4-3-5-7-17)11-8-18(16)14-20(25)22-12-9-19(24)10-13-22/h3-7,16,18-19,24H,2,8-15H2,1H3/t16-,18+/m1/s1. The van der Waals surface area contributed by atoms with Crippen molar-refractivity contribution in [3.8, 4) is 0 Å². The van der Waals surface area contributed by atoms with Gasteiger partial charge in [0.2, 0.25) is 5.91 Å². The molecule has 0 radical (unpaired) electrons. The average Bonchev–Trinajstić information content (AvgIpc) is 2.69. The second kappa shape index (κ2) is 8.67. The van der Waals surface area contributed by atoms with Crippen LogP contribution < -0.4 is 0 Å². The van der Waals surface area contributed by atoms with Crippen LogP contribution in [0.3, 0.4) is 0 Å². The first kappa shape index (κ1) is 18.9. The summed E-state index contributed by atoms with van der Waals surface area (Å²) in [5.74, 6) is 1.02. The van der Waals surface area contributed by atoms with Gasteiger partial charge in [-0.2, -0.15) is 0 Å². The highest BCUT2D eigenvalue weighted by Gasteiger charge is 2.33. The molecule has 2 aliphatic rings. The van der Waals surface area contributed by atoms with Gasteiger partial charge in [0, 0.05) is 38.2 Å². The average molecular weight is 358 g/mol. The van der Waals surface area contributed by atoms with Crippen LogP contribution in [0.25, 0.3) is 0 Å². The fourth-order valence-corrected chi connectivity index (χ4v) is 4.23. The molecule has 2 saturated heterocycles. The minimum Gasteiger partial charge on any atom is -0.393 e. The van der Waals surface area contributed by atoms with Gasteiger partial charge in [-0.15, -0.1) is 0 Å². The van der Waals surface area contributed by atoms with Gasteiger partial charge in [0.05, 0.1) is 6.10 Å². The SMILES string of the molecule is CC[C@@H]1CN(C(=O)c2ccccc2)CC[C@H]1CC(=O)N1CCC(O)CC1. The Morgan fingerprint density at radius 1 is 1.00 bits per heavy atom. The topological polar surface area (TPSA) is 60.9 Å². The fraction of sp³-hybridized carbons (Fsp3) is 0.619. The van der Waals surface area contributed by atoms with E-state index in [-0.39, 0.29) is 17.9 Å². The number of nitrogens with zero attached hydrogens (tertiary/aromatic N) is 2. The molecule has 0 unspecified atom stereocenters. The Balaban J connectivity index is 1.56. The summed E-state index contributed by atoms with van der Waals surface area (Å²) in [4.78, 5) is 29.2. The number of aliphatic hydroxyl groups is 1. The van der Waals surface area contributed by atoms with E-state index in [0.29, 0.717) is 44.2 Å². The number of amides is 2. The van der Waals surface area contributed by atoms with Crippen molar-refractivity contribution in [3.63, 3.8) is 0 Å². The fourth-order valence-electron chi connectivity index (χ4n) is 4.23. The van der Waals surface area contributed by atoms with E-state index in [0.717, 1.165) is 31.5 Å². The van der Waals surface area contributed by atoms with Crippen LogP contribution in [0.4, 0.5) is 0 Å². The zero-order chi connectivity index (χ0) is 18.5. The Kier molecular flexibility index (Phi) is 6.30. The van der Waals surface area contributed by atoms with Crippen molar-refractivity contribution in [2.24, 2.45) is 11.8 Å². The third-order valence-electron chi connectivity index (χ3n) is 5.98. The number of hydrogen-bond acceptors (Lipinski definition) is 3. The highest BCUT2D eigenvalue weighted by molar-refractivity contribution is 5.94. The van der Waals surface area contributed by atoms with Gasteiger partial charge < -0.3 is 14.9 Å². The lowest BCUT2D eigenvalue weighted by Crippen LogP contribution is -2.46. The van der Waals surface area contributed by atoms with Gasteiger partial charge in [-0.05, 0) is 43.2 Å². The van der Waals surface area contributed by atoms with Crippen molar-refractivity contribution >= 4 is 11.8 Å². The molecule has 1 N–H and O–H groups in total. The second-order valence-corrected chi connectivity index (χ2v) is 7.65. The molecule has 2 amide bonds. The van der Waals surface area contributed by atoms with Crippen LogP contribution in [0.15, 0.2) is 30.3 Å². The molecule has 2 heterocycles. The van der Waals surface area contributed by atoms with Crippen LogP contribution in [0.5, 0.6) is 0 Å². The molecule has 0 saturated carbocycles. The predicted molar refractivity (Wildman–Crippen MR) is 101 cm³/mol. The summed E-state index contributed by atoms with van der Waals surface area (Å²) in [5.41, 5.74) is 0.740. The van der Waals surface area contributed by atoms with Gasteiger partial charge in [0.1, 0.15) is 0 Å². The summed E-state index contributed by atoms with van der Waals surface area (Å²) in [5, 5.41) is 9.61. The molecule has 5 heteroatoms. The molecular formula is C21H30N2O3. The van der Waals surface area contributed by atoms with Crippen molar-refractivity contribution < 1.29 is 14.7 Å². The molecule has 0 aromatic heterocycles. The largest absolute Gasteiger partial charge is 0.393 e. The summed E-state index contributed by atoms with van der Waals surface area (Å²) in [7, 11) is 0. The molecule has 0 spiro atoms. The zero-order valence-corrected chi connectivity index (χ0v) is 15.6. The number of carbonyl (C=O) groups is 2. The van der Waals surface area contributed by atoms with Crippen LogP contribution in [-0.4, -0.2) is 59.0 Å². The van der Waals surface area contributed by atoms with Crippen molar-refractivity contribution in [2.75, 3.05) is 26.2 Å². The van der Waals surface area contributed by atoms with E-state index in [2.05, 4.69) is 6.92 Å². The quantitative estimate of drug-likeness (QED) is 0.900. The molecule has 0 aliphatic carbocycles. The van der Waals surface area contributed by atoms with Gasteiger partial charge >= 0.3 is 0 Å². The minimum absolute atomic E-state index is 0.0962. The third kappa shape index (κ3) is 4.44. The molecule has 2 aliphatic heterocycles. The third-order valence-corrected chi connectivity index (χ3v) is 5.98. The maximum Gasteiger partial charge on any atom is 0.253 e. The van der Waals surface area contributed by atoms with Gasteiger partial charge in [0.15, 0.2) is 0 Å². The number of hydrogen-bond donors (Lipinski definition) is 1. The molecule has 26 heavy (non-hydrogen) atoms. The van der Waals surface area contributed by atoms with E-state index in [4.69, 9.17) is 0 Å². The number of carbonyl (C=O) groups excluding carboxylic acids is 2. The molecule has 142 valence electrons. The molecule has 3 rings (SSSR count). The summed E-state index contributed by atoms with van der Waals surface area (Å²) in [6.45, 7) is 4.95. The van der Waals surface area contributed by atoms with E-state index >= 15 is 0 Å². The molecule has 2 fully saturated rings. The Morgan fingerprint density at radius 2 is 1.65 bits per heavy atom. The van der Waals surface area contributed by atoms with Crippen molar-refractivity contribution in [1.82, 2.24) is 9.80 Å². The molecule has 1 aromatic rings. The normalized spacial score (nSPS) is 24.5. The molecule has 5 nitrogen and oxygen atoms in total. The van der Waals surface area contributed by atoms with Gasteiger partial charge in [-0.1, -0.05) is 31.5 Å². The van der Waals surface area contributed by atoms with E-state index in [1.165, 1.54) is 0 Å². The van der Waals surface area contributed by atoms with Crippen molar-refractivity contribution in [3.05, 3.63) is 35.9 Å². The maximum atomic E-state index is 12.7. The zero-order valence-electron chi connectivity index (χ0n) is 15.6. The van der Waals surface area contributed by atoms with Crippen molar-refractivity contribution in [1.29, 1.82) is 0 Å². The smallest absolute Gasteiger partial charge is 0.253 e. The molecule has 2 atom stereocenters. The lowest BCUT2D eigenvalue weighted by atomic mass is 9.81. The van der Waals surface area contributed by atoms with E-state index < -0.39 is 0 Å². The molecule has 0 bridgehead atoms. The van der Waals surface area contributed by atoms with Crippen LogP contribution in [0.2, 0.25) is 0 Å². The van der Waals surface area contributed by atoms with Gasteiger partial charge in [-0.25, -0.2) is 0 Å². The lowest BCUT2D eigenvalue weighted by molar-refractivity contribution is -0.135. The van der Waals surface area contributed by atoms with Crippen molar-refractivity contribution in [2.45, 2.75) is 45.1 Å². The van der Waals surface area contributed by atoms with Crippen LogP contribution in [0.1, 0.15) is 49.4 Å².